The molecule has 21 heavy (non-hydrogen) atoms. The SMILES string of the molecule is CCN(CC)c1ccc(N=Nc2scc[n+]2C)c(C#N)c1. The normalized spacial score (nSPS) is 10.8. The van der Waals surface area contributed by atoms with Crippen LogP contribution < -0.4 is 9.47 Å². The van der Waals surface area contributed by atoms with E-state index in [1.54, 1.807) is 0 Å². The van der Waals surface area contributed by atoms with Crippen molar-refractivity contribution in [2.75, 3.05) is 18.0 Å². The molecule has 108 valence electrons. The summed E-state index contributed by atoms with van der Waals surface area (Å²) in [6.07, 6.45) is 1.92. The Bertz CT molecular complexity index is 680. The summed E-state index contributed by atoms with van der Waals surface area (Å²) in [5.41, 5.74) is 2.18. The highest BCUT2D eigenvalue weighted by Crippen LogP contribution is 2.26. The van der Waals surface area contributed by atoms with E-state index in [9.17, 15) is 5.26 Å². The summed E-state index contributed by atoms with van der Waals surface area (Å²) >= 11 is 1.51. The highest BCUT2D eigenvalue weighted by Gasteiger charge is 2.11. The monoisotopic (exact) mass is 300 g/mol. The van der Waals surface area contributed by atoms with Gasteiger partial charge < -0.3 is 4.90 Å². The molecule has 0 N–H and O–H groups in total. The van der Waals surface area contributed by atoms with Crippen molar-refractivity contribution in [1.82, 2.24) is 0 Å². The van der Waals surface area contributed by atoms with Crippen molar-refractivity contribution >= 4 is 27.8 Å². The molecular weight excluding hydrogens is 282 g/mol. The van der Waals surface area contributed by atoms with E-state index in [0.29, 0.717) is 11.3 Å². The summed E-state index contributed by atoms with van der Waals surface area (Å²) in [6.45, 7) is 6.01. The lowest BCUT2D eigenvalue weighted by atomic mass is 10.1. The van der Waals surface area contributed by atoms with Crippen molar-refractivity contribution in [2.24, 2.45) is 17.3 Å². The van der Waals surface area contributed by atoms with Gasteiger partial charge in [0.05, 0.1) is 17.7 Å². The minimum absolute atomic E-state index is 0.544. The number of thiazole rings is 1. The smallest absolute Gasteiger partial charge is 0.372 e. The molecule has 0 amide bonds. The predicted molar refractivity (Wildman–Crippen MR) is 84.4 cm³/mol. The predicted octanol–water partition coefficient (Wildman–Crippen LogP) is 3.71. The summed E-state index contributed by atoms with van der Waals surface area (Å²) in [7, 11) is 1.92. The third-order valence-corrected chi connectivity index (χ3v) is 4.07. The Balaban J connectivity index is 2.31. The Hall–Kier alpha value is -2.26. The molecule has 5 nitrogen and oxygen atoms in total. The van der Waals surface area contributed by atoms with Crippen molar-refractivity contribution < 1.29 is 4.57 Å². The molecule has 0 aliphatic rings. The first kappa shape index (κ1) is 15.1. The maximum Gasteiger partial charge on any atom is 0.408 e. The maximum atomic E-state index is 9.31. The Morgan fingerprint density at radius 3 is 2.62 bits per heavy atom. The molecule has 0 saturated carbocycles. The van der Waals surface area contributed by atoms with Crippen molar-refractivity contribution in [2.45, 2.75) is 13.8 Å². The minimum Gasteiger partial charge on any atom is -0.372 e. The third-order valence-electron chi connectivity index (χ3n) is 3.23. The lowest BCUT2D eigenvalue weighted by molar-refractivity contribution is -0.654. The first-order valence-corrected chi connectivity index (χ1v) is 7.71. The number of rotatable bonds is 5. The van der Waals surface area contributed by atoms with E-state index in [-0.39, 0.29) is 0 Å². The van der Waals surface area contributed by atoms with Gasteiger partial charge in [0.25, 0.3) is 0 Å². The number of nitrogens with zero attached hydrogens (tertiary/aromatic N) is 5. The highest BCUT2D eigenvalue weighted by atomic mass is 32.1. The van der Waals surface area contributed by atoms with Crippen LogP contribution in [0.1, 0.15) is 19.4 Å². The number of hydrogen-bond donors (Lipinski definition) is 0. The molecule has 1 aromatic heterocycles. The molecule has 0 saturated heterocycles. The quantitative estimate of drug-likeness (QED) is 0.624. The van der Waals surface area contributed by atoms with E-state index in [1.165, 1.54) is 11.3 Å². The van der Waals surface area contributed by atoms with Crippen LogP contribution in [0.3, 0.4) is 0 Å². The molecular formula is C15H18N5S+. The largest absolute Gasteiger partial charge is 0.408 e. The fourth-order valence-corrected chi connectivity index (χ4v) is 2.69. The minimum atomic E-state index is 0.544. The van der Waals surface area contributed by atoms with E-state index in [2.05, 4.69) is 35.0 Å². The number of aryl methyl sites for hydroxylation is 1. The zero-order valence-corrected chi connectivity index (χ0v) is 13.3. The van der Waals surface area contributed by atoms with Gasteiger partial charge in [-0.1, -0.05) is 0 Å². The molecule has 1 heterocycles. The Kier molecular flexibility index (Phi) is 5.01. The van der Waals surface area contributed by atoms with Crippen molar-refractivity contribution in [1.29, 1.82) is 5.26 Å². The Labute approximate surface area is 128 Å². The summed E-state index contributed by atoms with van der Waals surface area (Å²) in [6, 6.07) is 7.90. The number of azo groups is 1. The van der Waals surface area contributed by atoms with Gasteiger partial charge in [-0.15, -0.1) is 0 Å². The molecule has 0 atom stereocenters. The number of anilines is 1. The van der Waals surface area contributed by atoms with E-state index >= 15 is 0 Å². The molecule has 0 radical (unpaired) electrons. The summed E-state index contributed by atoms with van der Waals surface area (Å²) in [5.74, 6) is 0. The molecule has 0 unspecified atom stereocenters. The maximum absolute atomic E-state index is 9.31. The zero-order valence-electron chi connectivity index (χ0n) is 12.4. The second-order valence-corrected chi connectivity index (χ2v) is 5.36. The van der Waals surface area contributed by atoms with Crippen LogP contribution in [0.15, 0.2) is 40.0 Å². The summed E-state index contributed by atoms with van der Waals surface area (Å²) in [4.78, 5) is 2.20. The third kappa shape index (κ3) is 3.44. The van der Waals surface area contributed by atoms with E-state index in [1.807, 2.05) is 41.4 Å². The average molecular weight is 300 g/mol. The van der Waals surface area contributed by atoms with E-state index in [0.717, 1.165) is 23.9 Å². The molecule has 0 fully saturated rings. The zero-order chi connectivity index (χ0) is 15.2. The molecule has 2 aromatic rings. The van der Waals surface area contributed by atoms with Crippen LogP contribution in [0.25, 0.3) is 0 Å². The van der Waals surface area contributed by atoms with Crippen molar-refractivity contribution in [3.05, 3.63) is 35.3 Å². The molecule has 6 heteroatoms. The Morgan fingerprint density at radius 2 is 2.05 bits per heavy atom. The number of hydrogen-bond acceptors (Lipinski definition) is 5. The molecule has 0 bridgehead atoms. The second kappa shape index (κ2) is 6.95. The van der Waals surface area contributed by atoms with Gasteiger partial charge in [0.2, 0.25) is 0 Å². The van der Waals surface area contributed by atoms with Gasteiger partial charge in [-0.2, -0.15) is 5.26 Å². The van der Waals surface area contributed by atoms with Gasteiger partial charge >= 0.3 is 5.13 Å². The van der Waals surface area contributed by atoms with Gasteiger partial charge in [0.1, 0.15) is 18.0 Å². The van der Waals surface area contributed by atoms with Gasteiger partial charge in [-0.05, 0) is 48.5 Å². The van der Waals surface area contributed by atoms with Gasteiger partial charge in [-0.3, -0.25) is 0 Å². The van der Waals surface area contributed by atoms with Crippen LogP contribution in [-0.4, -0.2) is 13.1 Å². The topological polar surface area (TPSA) is 55.6 Å². The molecule has 0 aliphatic heterocycles. The first-order chi connectivity index (χ1) is 10.2. The van der Waals surface area contributed by atoms with Crippen molar-refractivity contribution in [3.63, 3.8) is 0 Å². The van der Waals surface area contributed by atoms with E-state index in [4.69, 9.17) is 0 Å². The fraction of sp³-hybridized carbons (Fsp3) is 0.333. The Morgan fingerprint density at radius 1 is 1.29 bits per heavy atom. The second-order valence-electron chi connectivity index (χ2n) is 4.48. The van der Waals surface area contributed by atoms with Crippen LogP contribution in [-0.2, 0) is 7.05 Å². The van der Waals surface area contributed by atoms with Crippen LogP contribution in [0, 0.1) is 11.3 Å². The first-order valence-electron chi connectivity index (χ1n) is 6.83. The van der Waals surface area contributed by atoms with E-state index < -0.39 is 0 Å². The van der Waals surface area contributed by atoms with Crippen molar-refractivity contribution in [3.8, 4) is 6.07 Å². The van der Waals surface area contributed by atoms with Crippen LogP contribution in [0.5, 0.6) is 0 Å². The molecule has 2 rings (SSSR count). The van der Waals surface area contributed by atoms with Crippen LogP contribution >= 0.6 is 11.3 Å². The van der Waals surface area contributed by atoms with Gasteiger partial charge in [0.15, 0.2) is 0 Å². The highest BCUT2D eigenvalue weighted by molar-refractivity contribution is 7.12. The average Bonchev–Trinajstić information content (AvgIpc) is 2.92. The number of benzene rings is 1. The number of aromatic nitrogens is 1. The summed E-state index contributed by atoms with van der Waals surface area (Å²) < 4.78 is 1.89. The molecule has 1 aromatic carbocycles. The van der Waals surface area contributed by atoms with Gasteiger partial charge in [-0.25, -0.2) is 4.57 Å². The standard InChI is InChI=1S/C15H18N5S/c1-4-20(5-2)13-6-7-14(12(10-13)11-16)17-18-15-19(3)8-9-21-15/h6-10H,4-5H2,1-3H3/q+1. The van der Waals surface area contributed by atoms with Crippen LogP contribution in [0.2, 0.25) is 0 Å². The molecule has 0 spiro atoms. The summed E-state index contributed by atoms with van der Waals surface area (Å²) in [5, 5.41) is 20.5. The number of nitriles is 1. The van der Waals surface area contributed by atoms with Crippen LogP contribution in [0.4, 0.5) is 16.5 Å². The van der Waals surface area contributed by atoms with Gasteiger partial charge in [0, 0.05) is 24.2 Å². The molecule has 0 aliphatic carbocycles. The lowest BCUT2D eigenvalue weighted by Gasteiger charge is -2.21. The fourth-order valence-electron chi connectivity index (χ4n) is 2.01. The lowest BCUT2D eigenvalue weighted by Crippen LogP contribution is -2.23.